The van der Waals surface area contributed by atoms with Gasteiger partial charge in [-0.2, -0.15) is 13.2 Å². The smallest absolute Gasteiger partial charge is 0.416 e. The molecule has 1 saturated heterocycles. The maximum Gasteiger partial charge on any atom is 0.416 e. The summed E-state index contributed by atoms with van der Waals surface area (Å²) >= 11 is 0. The fourth-order valence-corrected chi connectivity index (χ4v) is 3.63. The van der Waals surface area contributed by atoms with Crippen LogP contribution in [0.5, 0.6) is 5.75 Å². The Balaban J connectivity index is 0.00000156. The lowest BCUT2D eigenvalue weighted by atomic mass is 9.75. The normalized spacial score (nSPS) is 20.0. The second-order valence-corrected chi connectivity index (χ2v) is 6.37. The Hall–Kier alpha value is -0.690. The van der Waals surface area contributed by atoms with Crippen LogP contribution in [-0.4, -0.2) is 38.2 Å². The van der Waals surface area contributed by atoms with Crippen molar-refractivity contribution in [2.75, 3.05) is 33.3 Å². The van der Waals surface area contributed by atoms with Crippen molar-refractivity contribution in [3.8, 4) is 5.75 Å². The van der Waals surface area contributed by atoms with Crippen LogP contribution in [0.15, 0.2) is 18.2 Å². The van der Waals surface area contributed by atoms with Crippen molar-refractivity contribution in [1.82, 2.24) is 10.2 Å². The number of methoxy groups -OCH3 is 1. The highest BCUT2D eigenvalue weighted by Gasteiger charge is 2.41. The molecule has 1 aromatic carbocycles. The zero-order valence-electron chi connectivity index (χ0n) is 14.1. The largest absolute Gasteiger partial charge is 0.497 e. The van der Waals surface area contributed by atoms with Crippen LogP contribution >= 0.6 is 24.8 Å². The summed E-state index contributed by atoms with van der Waals surface area (Å²) in [5.74, 6) is 0.580. The minimum absolute atomic E-state index is 0. The standard InChI is InChI=1S/C17H23F3N2O.2ClH/c1-23-13-5-6-14(15(11-13)17(18,19)20)16(12-3-2-4-12)22-9-7-21-8-10-22;;/h5-6,11-12,16,21H,2-4,7-10H2,1H3;2*1H/t16-;;/m1../s1. The number of rotatable bonds is 4. The van der Waals surface area contributed by atoms with Crippen molar-refractivity contribution in [2.45, 2.75) is 31.5 Å². The average molecular weight is 401 g/mol. The molecule has 0 unspecified atom stereocenters. The van der Waals surface area contributed by atoms with Crippen LogP contribution in [0.4, 0.5) is 13.2 Å². The predicted molar refractivity (Wildman–Crippen MR) is 97.0 cm³/mol. The molecule has 25 heavy (non-hydrogen) atoms. The molecule has 0 aromatic heterocycles. The Bertz CT molecular complexity index is 547. The molecule has 3 nitrogen and oxygen atoms in total. The van der Waals surface area contributed by atoms with Crippen LogP contribution < -0.4 is 10.1 Å². The van der Waals surface area contributed by atoms with Gasteiger partial charge >= 0.3 is 6.18 Å². The zero-order valence-corrected chi connectivity index (χ0v) is 15.8. The van der Waals surface area contributed by atoms with E-state index in [-0.39, 0.29) is 36.6 Å². The fraction of sp³-hybridized carbons (Fsp3) is 0.647. The van der Waals surface area contributed by atoms with Gasteiger partial charge in [0.2, 0.25) is 0 Å². The van der Waals surface area contributed by atoms with Crippen molar-refractivity contribution in [3.63, 3.8) is 0 Å². The summed E-state index contributed by atoms with van der Waals surface area (Å²) in [6.45, 7) is 3.26. The van der Waals surface area contributed by atoms with E-state index in [4.69, 9.17) is 4.74 Å². The van der Waals surface area contributed by atoms with Gasteiger partial charge < -0.3 is 10.1 Å². The van der Waals surface area contributed by atoms with E-state index in [1.54, 1.807) is 12.1 Å². The van der Waals surface area contributed by atoms with E-state index >= 15 is 0 Å². The van der Waals surface area contributed by atoms with Gasteiger partial charge in [0.1, 0.15) is 5.75 Å². The van der Waals surface area contributed by atoms with Crippen LogP contribution in [0.3, 0.4) is 0 Å². The number of piperazine rings is 1. The maximum atomic E-state index is 13.6. The van der Waals surface area contributed by atoms with Crippen LogP contribution in [-0.2, 0) is 6.18 Å². The van der Waals surface area contributed by atoms with E-state index in [2.05, 4.69) is 10.2 Å². The van der Waals surface area contributed by atoms with Crippen LogP contribution in [0.2, 0.25) is 0 Å². The Morgan fingerprint density at radius 3 is 2.28 bits per heavy atom. The van der Waals surface area contributed by atoms with E-state index < -0.39 is 11.7 Å². The van der Waals surface area contributed by atoms with Gasteiger partial charge in [-0.3, -0.25) is 4.90 Å². The second kappa shape index (κ2) is 9.31. The minimum atomic E-state index is -4.36. The van der Waals surface area contributed by atoms with Crippen LogP contribution in [0.1, 0.15) is 36.4 Å². The number of benzene rings is 1. The monoisotopic (exact) mass is 400 g/mol. The van der Waals surface area contributed by atoms with Gasteiger partial charge in [0.15, 0.2) is 0 Å². The Morgan fingerprint density at radius 1 is 1.16 bits per heavy atom. The molecule has 144 valence electrons. The summed E-state index contributed by atoms with van der Waals surface area (Å²) in [5.41, 5.74) is -0.141. The molecule has 0 radical (unpaired) electrons. The van der Waals surface area contributed by atoms with Gasteiger partial charge in [-0.05, 0) is 36.5 Å². The van der Waals surface area contributed by atoms with Crippen molar-refractivity contribution < 1.29 is 17.9 Å². The quantitative estimate of drug-likeness (QED) is 0.814. The maximum absolute atomic E-state index is 13.6. The number of hydrogen-bond acceptors (Lipinski definition) is 3. The first-order valence-corrected chi connectivity index (χ1v) is 8.20. The van der Waals surface area contributed by atoms with Crippen molar-refractivity contribution in [3.05, 3.63) is 29.3 Å². The fourth-order valence-electron chi connectivity index (χ4n) is 3.63. The lowest BCUT2D eigenvalue weighted by Gasteiger charge is -2.44. The molecule has 1 N–H and O–H groups in total. The van der Waals surface area contributed by atoms with E-state index in [1.807, 2.05) is 0 Å². The first kappa shape index (κ1) is 22.4. The second-order valence-electron chi connectivity index (χ2n) is 6.37. The van der Waals surface area contributed by atoms with Crippen LogP contribution in [0, 0.1) is 5.92 Å². The number of alkyl halides is 3. The number of hydrogen-bond donors (Lipinski definition) is 1. The van der Waals surface area contributed by atoms with Crippen molar-refractivity contribution in [1.29, 1.82) is 0 Å². The van der Waals surface area contributed by atoms with E-state index in [0.29, 0.717) is 11.5 Å². The molecule has 0 amide bonds. The molecular formula is C17H25Cl2F3N2O. The van der Waals surface area contributed by atoms with Gasteiger partial charge in [0, 0.05) is 32.2 Å². The number of halogens is 5. The molecule has 0 bridgehead atoms. The lowest BCUT2D eigenvalue weighted by molar-refractivity contribution is -0.139. The van der Waals surface area contributed by atoms with Gasteiger partial charge in [0.25, 0.3) is 0 Å². The summed E-state index contributed by atoms with van der Waals surface area (Å²) in [7, 11) is 1.40. The van der Waals surface area contributed by atoms with E-state index in [0.717, 1.165) is 51.5 Å². The number of nitrogens with one attached hydrogen (secondary N) is 1. The van der Waals surface area contributed by atoms with Crippen LogP contribution in [0.25, 0.3) is 0 Å². The van der Waals surface area contributed by atoms with Gasteiger partial charge in [-0.25, -0.2) is 0 Å². The Morgan fingerprint density at radius 2 is 1.80 bits per heavy atom. The third-order valence-corrected chi connectivity index (χ3v) is 5.03. The SMILES string of the molecule is COc1ccc([C@@H](C2CCC2)N2CCNCC2)c(C(F)(F)F)c1.Cl.Cl. The third kappa shape index (κ3) is 4.94. The van der Waals surface area contributed by atoms with E-state index in [1.165, 1.54) is 7.11 Å². The molecule has 1 aliphatic heterocycles. The summed E-state index contributed by atoms with van der Waals surface area (Å²) in [6, 6.07) is 4.27. The van der Waals surface area contributed by atoms with Crippen molar-refractivity contribution in [2.24, 2.45) is 5.92 Å². The first-order valence-electron chi connectivity index (χ1n) is 8.20. The average Bonchev–Trinajstić information content (AvgIpc) is 2.50. The summed E-state index contributed by atoms with van der Waals surface area (Å²) in [5, 5.41) is 3.28. The minimum Gasteiger partial charge on any atom is -0.497 e. The molecular weight excluding hydrogens is 376 g/mol. The summed E-state index contributed by atoms with van der Waals surface area (Å²) in [6.07, 6.45) is -1.22. The lowest BCUT2D eigenvalue weighted by Crippen LogP contribution is -2.48. The molecule has 2 aliphatic rings. The Labute approximate surface area is 159 Å². The highest BCUT2D eigenvalue weighted by Crippen LogP contribution is 2.46. The third-order valence-electron chi connectivity index (χ3n) is 5.03. The van der Waals surface area contributed by atoms with Gasteiger partial charge in [-0.15, -0.1) is 24.8 Å². The summed E-state index contributed by atoms with van der Waals surface area (Å²) < 4.78 is 45.8. The molecule has 1 aromatic rings. The molecule has 3 rings (SSSR count). The van der Waals surface area contributed by atoms with Gasteiger partial charge in [0.05, 0.1) is 12.7 Å². The topological polar surface area (TPSA) is 24.5 Å². The zero-order chi connectivity index (χ0) is 16.4. The predicted octanol–water partition coefficient (Wildman–Crippen LogP) is 4.30. The number of ether oxygens (including phenoxy) is 1. The molecule has 1 saturated carbocycles. The first-order chi connectivity index (χ1) is 11.0. The molecule has 8 heteroatoms. The highest BCUT2D eigenvalue weighted by atomic mass is 35.5. The van der Waals surface area contributed by atoms with Crippen molar-refractivity contribution >= 4 is 24.8 Å². The molecule has 0 spiro atoms. The van der Waals surface area contributed by atoms with E-state index in [9.17, 15) is 13.2 Å². The highest BCUT2D eigenvalue weighted by molar-refractivity contribution is 5.85. The summed E-state index contributed by atoms with van der Waals surface area (Å²) in [4.78, 5) is 2.22. The number of nitrogens with zero attached hydrogens (tertiary/aromatic N) is 1. The van der Waals surface area contributed by atoms with Gasteiger partial charge in [-0.1, -0.05) is 12.5 Å². The Kier molecular flexibility index (Phi) is 8.32. The molecule has 2 fully saturated rings. The molecule has 1 aliphatic carbocycles. The molecule has 1 heterocycles. The molecule has 1 atom stereocenters.